The number of aromatic nitrogens is 3. The van der Waals surface area contributed by atoms with Crippen molar-refractivity contribution in [1.82, 2.24) is 19.9 Å². The summed E-state index contributed by atoms with van der Waals surface area (Å²) in [6.45, 7) is 2.97. The number of likely N-dealkylation sites (tertiary alicyclic amines) is 1. The Hall–Kier alpha value is -1.77. The van der Waals surface area contributed by atoms with Crippen molar-refractivity contribution in [2.75, 3.05) is 26.8 Å². The number of nitrogens with zero attached hydrogens (tertiary/aromatic N) is 4. The van der Waals surface area contributed by atoms with E-state index < -0.39 is 0 Å². The maximum absolute atomic E-state index is 12.8. The zero-order valence-corrected chi connectivity index (χ0v) is 17.6. The molecule has 7 nitrogen and oxygen atoms in total. The van der Waals surface area contributed by atoms with Gasteiger partial charge in [0.1, 0.15) is 5.69 Å². The van der Waals surface area contributed by atoms with Crippen LogP contribution < -0.4 is 0 Å². The van der Waals surface area contributed by atoms with Gasteiger partial charge in [0.15, 0.2) is 0 Å². The normalized spacial score (nSPS) is 29.2. The van der Waals surface area contributed by atoms with Gasteiger partial charge in [0.05, 0.1) is 30.5 Å². The number of methoxy groups -OCH3 is 1. The van der Waals surface area contributed by atoms with Crippen LogP contribution in [0.5, 0.6) is 0 Å². The standard InChI is InChI=1S/C21H28N4O3S/c1-27-12-18-10-25(23-22-18)19-6-16-8-24(21(26)15-4-5-29-13-15)9-17(16)7-20(19)28-11-14-2-3-14/h4-5,10,13-14,16-17,19-20H,2-3,6-9,11-12H2,1H3/t16-,17+,19-,20-/m1/s1. The highest BCUT2D eigenvalue weighted by molar-refractivity contribution is 7.08. The summed E-state index contributed by atoms with van der Waals surface area (Å²) < 4.78 is 13.6. The number of carbonyl (C=O) groups is 1. The molecule has 2 aromatic rings. The van der Waals surface area contributed by atoms with Gasteiger partial charge < -0.3 is 14.4 Å². The van der Waals surface area contributed by atoms with Crippen molar-refractivity contribution >= 4 is 17.2 Å². The predicted molar refractivity (Wildman–Crippen MR) is 109 cm³/mol. The lowest BCUT2D eigenvalue weighted by atomic mass is 9.77. The van der Waals surface area contributed by atoms with Crippen LogP contribution in [0.1, 0.15) is 47.8 Å². The SMILES string of the molecule is COCc1cn([C@@H]2C[C@@H]3CN(C(=O)c4ccsc4)C[C@@H]3C[C@H]2OCC2CC2)nn1. The summed E-state index contributed by atoms with van der Waals surface area (Å²) in [5.74, 6) is 1.88. The lowest BCUT2D eigenvalue weighted by Crippen LogP contribution is -2.38. The zero-order valence-electron chi connectivity index (χ0n) is 16.8. The molecule has 0 N–H and O–H groups in total. The highest BCUT2D eigenvalue weighted by atomic mass is 32.1. The molecular formula is C21H28N4O3S. The minimum Gasteiger partial charge on any atom is -0.378 e. The minimum absolute atomic E-state index is 0.130. The van der Waals surface area contributed by atoms with E-state index in [0.717, 1.165) is 49.7 Å². The Labute approximate surface area is 175 Å². The molecule has 0 bridgehead atoms. The number of fused-ring (bicyclic) bond motifs is 1. The number of rotatable bonds is 7. The average Bonchev–Trinajstić information content (AvgIpc) is 3.14. The Morgan fingerprint density at radius 2 is 2.10 bits per heavy atom. The van der Waals surface area contributed by atoms with Crippen LogP contribution in [0.15, 0.2) is 23.0 Å². The predicted octanol–water partition coefficient (Wildman–Crippen LogP) is 3.00. The van der Waals surface area contributed by atoms with E-state index in [1.54, 1.807) is 18.4 Å². The fraction of sp³-hybridized carbons (Fsp3) is 0.667. The number of hydrogen-bond donors (Lipinski definition) is 0. The van der Waals surface area contributed by atoms with Gasteiger partial charge in [-0.2, -0.15) is 11.3 Å². The Bertz CT molecular complexity index is 835. The van der Waals surface area contributed by atoms with Crippen molar-refractivity contribution in [3.8, 4) is 0 Å². The summed E-state index contributed by atoms with van der Waals surface area (Å²) in [4.78, 5) is 14.9. The molecule has 4 atom stereocenters. The molecule has 29 heavy (non-hydrogen) atoms. The molecule has 156 valence electrons. The molecular weight excluding hydrogens is 388 g/mol. The maximum atomic E-state index is 12.8. The summed E-state index contributed by atoms with van der Waals surface area (Å²) in [6, 6.07) is 2.09. The molecule has 3 aliphatic rings. The maximum Gasteiger partial charge on any atom is 0.254 e. The van der Waals surface area contributed by atoms with Crippen molar-refractivity contribution in [1.29, 1.82) is 0 Å². The molecule has 3 heterocycles. The fourth-order valence-corrected chi connectivity index (χ4v) is 5.45. The number of hydrogen-bond acceptors (Lipinski definition) is 6. The number of ether oxygens (including phenoxy) is 2. The van der Waals surface area contributed by atoms with Crippen molar-refractivity contribution in [3.05, 3.63) is 34.3 Å². The summed E-state index contributed by atoms with van der Waals surface area (Å²) in [5, 5.41) is 12.6. The van der Waals surface area contributed by atoms with E-state index in [2.05, 4.69) is 10.3 Å². The molecule has 1 saturated heterocycles. The second-order valence-corrected chi connectivity index (χ2v) is 9.50. The summed E-state index contributed by atoms with van der Waals surface area (Å²) in [5.41, 5.74) is 1.66. The van der Waals surface area contributed by atoms with Crippen molar-refractivity contribution in [2.24, 2.45) is 17.8 Å². The summed E-state index contributed by atoms with van der Waals surface area (Å²) in [7, 11) is 1.67. The third-order valence-electron chi connectivity index (χ3n) is 6.57. The second-order valence-electron chi connectivity index (χ2n) is 8.72. The van der Waals surface area contributed by atoms with E-state index in [-0.39, 0.29) is 18.1 Å². The molecule has 0 radical (unpaired) electrons. The van der Waals surface area contributed by atoms with Gasteiger partial charge in [-0.15, -0.1) is 5.10 Å². The Kier molecular flexibility index (Phi) is 5.41. The number of thiophene rings is 1. The first-order valence-corrected chi connectivity index (χ1v) is 11.5. The number of carbonyl (C=O) groups excluding carboxylic acids is 1. The van der Waals surface area contributed by atoms with Crippen molar-refractivity contribution < 1.29 is 14.3 Å². The first-order valence-electron chi connectivity index (χ1n) is 10.5. The van der Waals surface area contributed by atoms with E-state index in [1.165, 1.54) is 12.8 Å². The molecule has 2 aromatic heterocycles. The van der Waals surface area contributed by atoms with E-state index in [1.807, 2.05) is 32.6 Å². The summed E-state index contributed by atoms with van der Waals surface area (Å²) in [6.07, 6.45) is 6.65. The molecule has 2 saturated carbocycles. The molecule has 1 amide bonds. The highest BCUT2D eigenvalue weighted by Crippen LogP contribution is 2.43. The van der Waals surface area contributed by atoms with Crippen molar-refractivity contribution in [2.45, 2.75) is 44.4 Å². The summed E-state index contributed by atoms with van der Waals surface area (Å²) >= 11 is 1.58. The second kappa shape index (κ2) is 8.16. The minimum atomic E-state index is 0.130. The Morgan fingerprint density at radius 1 is 1.28 bits per heavy atom. The van der Waals surface area contributed by atoms with Crippen LogP contribution in [0, 0.1) is 17.8 Å². The van der Waals surface area contributed by atoms with Gasteiger partial charge in [-0.25, -0.2) is 4.68 Å². The van der Waals surface area contributed by atoms with Crippen LogP contribution in [-0.4, -0.2) is 58.7 Å². The van der Waals surface area contributed by atoms with Gasteiger partial charge in [0.2, 0.25) is 0 Å². The third kappa shape index (κ3) is 4.11. The highest BCUT2D eigenvalue weighted by Gasteiger charge is 2.45. The zero-order chi connectivity index (χ0) is 19.8. The molecule has 8 heteroatoms. The van der Waals surface area contributed by atoms with Gasteiger partial charge in [-0.05, 0) is 54.9 Å². The van der Waals surface area contributed by atoms with Crippen LogP contribution in [0.3, 0.4) is 0 Å². The van der Waals surface area contributed by atoms with Gasteiger partial charge in [-0.1, -0.05) is 5.21 Å². The Morgan fingerprint density at radius 3 is 2.83 bits per heavy atom. The molecule has 5 rings (SSSR count). The largest absolute Gasteiger partial charge is 0.378 e. The molecule has 3 fully saturated rings. The number of amides is 1. The van der Waals surface area contributed by atoms with Gasteiger partial charge in [0.25, 0.3) is 5.91 Å². The molecule has 0 spiro atoms. The first-order chi connectivity index (χ1) is 14.2. The van der Waals surface area contributed by atoms with E-state index in [9.17, 15) is 4.79 Å². The van der Waals surface area contributed by atoms with Crippen LogP contribution in [-0.2, 0) is 16.1 Å². The smallest absolute Gasteiger partial charge is 0.254 e. The van der Waals surface area contributed by atoms with Crippen LogP contribution in [0.2, 0.25) is 0 Å². The third-order valence-corrected chi connectivity index (χ3v) is 7.26. The molecule has 2 aliphatic carbocycles. The quantitative estimate of drug-likeness (QED) is 0.694. The van der Waals surface area contributed by atoms with Crippen molar-refractivity contribution in [3.63, 3.8) is 0 Å². The van der Waals surface area contributed by atoms with Crippen LogP contribution in [0.4, 0.5) is 0 Å². The molecule has 0 aromatic carbocycles. The average molecular weight is 417 g/mol. The molecule has 0 unspecified atom stereocenters. The van der Waals surface area contributed by atoms with Crippen LogP contribution >= 0.6 is 11.3 Å². The topological polar surface area (TPSA) is 69.5 Å². The van der Waals surface area contributed by atoms with E-state index >= 15 is 0 Å². The lowest BCUT2D eigenvalue weighted by molar-refractivity contribution is -0.0375. The monoisotopic (exact) mass is 416 g/mol. The van der Waals surface area contributed by atoms with Crippen LogP contribution in [0.25, 0.3) is 0 Å². The van der Waals surface area contributed by atoms with E-state index in [4.69, 9.17) is 9.47 Å². The first kappa shape index (κ1) is 19.2. The van der Waals surface area contributed by atoms with Gasteiger partial charge >= 0.3 is 0 Å². The van der Waals surface area contributed by atoms with E-state index in [0.29, 0.717) is 18.4 Å². The molecule has 1 aliphatic heterocycles. The Balaban J connectivity index is 1.31. The lowest BCUT2D eigenvalue weighted by Gasteiger charge is -2.37. The van der Waals surface area contributed by atoms with Gasteiger partial charge in [0, 0.05) is 32.2 Å². The fourth-order valence-electron chi connectivity index (χ4n) is 4.82. The van der Waals surface area contributed by atoms with Gasteiger partial charge in [-0.3, -0.25) is 4.79 Å².